The van der Waals surface area contributed by atoms with E-state index in [9.17, 15) is 4.80 Å². The SMILES string of the molecule is O[Si](C1CCCCCCCC1)(C1CCCCCCCC1)C1CCCCCCCC1. The summed E-state index contributed by atoms with van der Waals surface area (Å²) >= 11 is 0. The van der Waals surface area contributed by atoms with Gasteiger partial charge >= 0.3 is 0 Å². The van der Waals surface area contributed by atoms with Crippen molar-refractivity contribution >= 4 is 8.32 Å². The lowest BCUT2D eigenvalue weighted by atomic mass is 10.1. The van der Waals surface area contributed by atoms with Gasteiger partial charge in [-0.1, -0.05) is 154 Å². The minimum Gasteiger partial charge on any atom is -0.431 e. The van der Waals surface area contributed by atoms with Gasteiger partial charge in [0.2, 0.25) is 0 Å². The first-order valence-corrected chi connectivity index (χ1v) is 16.2. The van der Waals surface area contributed by atoms with Crippen LogP contribution in [0.1, 0.15) is 154 Å². The molecule has 170 valence electrons. The van der Waals surface area contributed by atoms with Gasteiger partial charge in [-0.15, -0.1) is 0 Å². The molecule has 0 radical (unpaired) electrons. The Morgan fingerprint density at radius 3 is 0.690 bits per heavy atom. The Balaban J connectivity index is 1.83. The van der Waals surface area contributed by atoms with Gasteiger partial charge in [0.1, 0.15) is 0 Å². The predicted molar refractivity (Wildman–Crippen MR) is 130 cm³/mol. The van der Waals surface area contributed by atoms with E-state index in [2.05, 4.69) is 0 Å². The van der Waals surface area contributed by atoms with Crippen LogP contribution >= 0.6 is 0 Å². The Labute approximate surface area is 184 Å². The van der Waals surface area contributed by atoms with Crippen LogP contribution < -0.4 is 0 Å². The van der Waals surface area contributed by atoms with Crippen LogP contribution in [0, 0.1) is 0 Å². The molecule has 0 heterocycles. The highest BCUT2D eigenvalue weighted by Gasteiger charge is 2.50. The van der Waals surface area contributed by atoms with Crippen molar-refractivity contribution in [3.63, 3.8) is 0 Å². The third kappa shape index (κ3) is 7.37. The molecule has 0 saturated heterocycles. The largest absolute Gasteiger partial charge is 0.431 e. The normalized spacial score (nSPS) is 27.2. The average Bonchev–Trinajstić information content (AvgIpc) is 3.04. The number of hydrogen-bond acceptors (Lipinski definition) is 1. The molecule has 0 aromatic rings. The predicted octanol–water partition coefficient (Wildman–Crippen LogP) is 9.44. The molecular formula is C27H52OSi. The molecule has 1 nitrogen and oxygen atoms in total. The quantitative estimate of drug-likeness (QED) is 0.451. The molecule has 0 spiro atoms. The zero-order valence-corrected chi connectivity index (χ0v) is 20.6. The van der Waals surface area contributed by atoms with E-state index in [4.69, 9.17) is 0 Å². The number of rotatable bonds is 3. The average molecular weight is 421 g/mol. The topological polar surface area (TPSA) is 20.2 Å². The van der Waals surface area contributed by atoms with Crippen LogP contribution in [0.2, 0.25) is 16.6 Å². The van der Waals surface area contributed by atoms with Crippen LogP contribution in [0.4, 0.5) is 0 Å². The van der Waals surface area contributed by atoms with E-state index < -0.39 is 8.32 Å². The standard InChI is InChI=1S/C27H52OSi/c28-29(25-19-13-7-1-2-8-14-20-25,26-21-15-9-3-4-10-16-22-26)27-23-17-11-5-6-12-18-24-27/h25-28H,1-24H2. The second-order valence-electron chi connectivity index (χ2n) is 11.1. The molecule has 0 aromatic carbocycles. The summed E-state index contributed by atoms with van der Waals surface area (Å²) in [5.41, 5.74) is 2.16. The molecule has 3 fully saturated rings. The van der Waals surface area contributed by atoms with E-state index in [-0.39, 0.29) is 0 Å². The Morgan fingerprint density at radius 2 is 0.483 bits per heavy atom. The first-order valence-electron chi connectivity index (χ1n) is 14.0. The van der Waals surface area contributed by atoms with Crippen molar-refractivity contribution in [3.05, 3.63) is 0 Å². The first kappa shape index (κ1) is 23.8. The van der Waals surface area contributed by atoms with Crippen molar-refractivity contribution in [1.29, 1.82) is 0 Å². The van der Waals surface area contributed by atoms with Crippen LogP contribution in [0.15, 0.2) is 0 Å². The molecule has 0 atom stereocenters. The van der Waals surface area contributed by atoms with E-state index in [0.29, 0.717) is 0 Å². The molecule has 0 amide bonds. The van der Waals surface area contributed by atoms with E-state index >= 15 is 0 Å². The van der Waals surface area contributed by atoms with Gasteiger partial charge in [-0.25, -0.2) is 0 Å². The summed E-state index contributed by atoms with van der Waals surface area (Å²) < 4.78 is 0. The van der Waals surface area contributed by atoms with Crippen molar-refractivity contribution < 1.29 is 4.80 Å². The summed E-state index contributed by atoms with van der Waals surface area (Å²) in [6.45, 7) is 0. The fourth-order valence-corrected chi connectivity index (χ4v) is 13.3. The zero-order valence-electron chi connectivity index (χ0n) is 19.6. The summed E-state index contributed by atoms with van der Waals surface area (Å²) in [5.74, 6) is 0. The third-order valence-electron chi connectivity index (χ3n) is 9.03. The maximum atomic E-state index is 13.0. The maximum Gasteiger partial charge on any atom is 0.197 e. The van der Waals surface area contributed by atoms with Crippen molar-refractivity contribution in [2.75, 3.05) is 0 Å². The molecule has 3 aliphatic rings. The van der Waals surface area contributed by atoms with Crippen molar-refractivity contribution in [3.8, 4) is 0 Å². The van der Waals surface area contributed by atoms with Gasteiger partial charge in [0.15, 0.2) is 8.32 Å². The Morgan fingerprint density at radius 1 is 0.310 bits per heavy atom. The van der Waals surface area contributed by atoms with Crippen LogP contribution in [0.5, 0.6) is 0 Å². The highest BCUT2D eigenvalue weighted by molar-refractivity contribution is 6.76. The van der Waals surface area contributed by atoms with Gasteiger partial charge < -0.3 is 4.80 Å². The van der Waals surface area contributed by atoms with Crippen LogP contribution in [-0.2, 0) is 0 Å². The van der Waals surface area contributed by atoms with E-state index in [1.165, 1.54) is 154 Å². The lowest BCUT2D eigenvalue weighted by Gasteiger charge is -2.46. The van der Waals surface area contributed by atoms with Gasteiger partial charge in [0.25, 0.3) is 0 Å². The molecule has 0 unspecified atom stereocenters. The van der Waals surface area contributed by atoms with Crippen molar-refractivity contribution in [2.45, 2.75) is 171 Å². The summed E-state index contributed by atoms with van der Waals surface area (Å²) in [7, 11) is -2.28. The summed E-state index contributed by atoms with van der Waals surface area (Å²) in [6.07, 6.45) is 33.9. The van der Waals surface area contributed by atoms with E-state index in [1.54, 1.807) is 0 Å². The molecule has 1 N–H and O–H groups in total. The minimum atomic E-state index is -2.28. The highest BCUT2D eigenvalue weighted by atomic mass is 28.4. The highest BCUT2D eigenvalue weighted by Crippen LogP contribution is 2.53. The van der Waals surface area contributed by atoms with Gasteiger partial charge in [0.05, 0.1) is 0 Å². The molecule has 3 rings (SSSR count). The van der Waals surface area contributed by atoms with Gasteiger partial charge in [0, 0.05) is 0 Å². The van der Waals surface area contributed by atoms with Gasteiger partial charge in [-0.3, -0.25) is 0 Å². The maximum absolute atomic E-state index is 13.0. The monoisotopic (exact) mass is 420 g/mol. The third-order valence-corrected chi connectivity index (χ3v) is 14.7. The Hall–Kier alpha value is 0.177. The summed E-state index contributed by atoms with van der Waals surface area (Å²) in [5, 5.41) is 0. The second kappa shape index (κ2) is 13.6. The second-order valence-corrected chi connectivity index (χ2v) is 15.3. The molecule has 29 heavy (non-hydrogen) atoms. The minimum absolute atomic E-state index is 0.720. The van der Waals surface area contributed by atoms with Crippen LogP contribution in [0.3, 0.4) is 0 Å². The van der Waals surface area contributed by atoms with Crippen molar-refractivity contribution in [1.82, 2.24) is 0 Å². The fraction of sp³-hybridized carbons (Fsp3) is 1.00. The smallest absolute Gasteiger partial charge is 0.197 e. The molecule has 0 aliphatic heterocycles. The summed E-state index contributed by atoms with van der Waals surface area (Å²) in [6, 6.07) is 0. The van der Waals surface area contributed by atoms with Crippen molar-refractivity contribution in [2.24, 2.45) is 0 Å². The molecule has 3 aliphatic carbocycles. The Kier molecular flexibility index (Phi) is 11.1. The molecule has 3 saturated carbocycles. The Bertz CT molecular complexity index is 333. The molecule has 0 aromatic heterocycles. The number of hydrogen-bond donors (Lipinski definition) is 1. The fourth-order valence-electron chi connectivity index (χ4n) is 7.29. The molecular weight excluding hydrogens is 368 g/mol. The summed E-state index contributed by atoms with van der Waals surface area (Å²) in [4.78, 5) is 13.0. The van der Waals surface area contributed by atoms with Gasteiger partial charge in [-0.2, -0.15) is 0 Å². The van der Waals surface area contributed by atoms with Crippen LogP contribution in [0.25, 0.3) is 0 Å². The van der Waals surface area contributed by atoms with E-state index in [0.717, 1.165) is 16.6 Å². The van der Waals surface area contributed by atoms with Crippen LogP contribution in [-0.4, -0.2) is 13.1 Å². The zero-order chi connectivity index (χ0) is 20.2. The lowest BCUT2D eigenvalue weighted by Crippen LogP contribution is -2.50. The van der Waals surface area contributed by atoms with E-state index in [1.807, 2.05) is 0 Å². The molecule has 0 bridgehead atoms. The molecule has 2 heteroatoms. The van der Waals surface area contributed by atoms with Gasteiger partial charge in [-0.05, 0) is 16.6 Å². The lowest BCUT2D eigenvalue weighted by molar-refractivity contribution is 0.382. The first-order chi connectivity index (χ1) is 14.3.